The molecule has 1 aliphatic rings. The van der Waals surface area contributed by atoms with Gasteiger partial charge in [0.05, 0.1) is 10.0 Å². The monoisotopic (exact) mass is 481 g/mol. The maximum atomic E-state index is 12.1. The standard InChI is InChI=1S/C18H13ClIN3OS/c1-2-14(24)23-8-6-10-3-4-11(9-13(10)23)15-16-12(19)5-7-21-17(16)22-18(15)25-20/h2-5,7,9H,1,6,8H2,(H,21,22). The average Bonchev–Trinajstić information content (AvgIpc) is 3.22. The zero-order valence-electron chi connectivity index (χ0n) is 13.1. The van der Waals surface area contributed by atoms with Crippen molar-refractivity contribution in [2.24, 2.45) is 0 Å². The molecule has 3 heterocycles. The van der Waals surface area contributed by atoms with Gasteiger partial charge in [-0.2, -0.15) is 0 Å². The van der Waals surface area contributed by atoms with Gasteiger partial charge in [-0.05, 0) is 44.7 Å². The van der Waals surface area contributed by atoms with E-state index in [1.165, 1.54) is 11.6 Å². The lowest BCUT2D eigenvalue weighted by atomic mass is 10.0. The van der Waals surface area contributed by atoms with Gasteiger partial charge in [0.15, 0.2) is 0 Å². The van der Waals surface area contributed by atoms with Crippen LogP contribution >= 0.6 is 41.7 Å². The number of H-pyrrole nitrogens is 1. The zero-order chi connectivity index (χ0) is 17.6. The molecule has 1 N–H and O–H groups in total. The Morgan fingerprint density at radius 3 is 3.04 bits per heavy atom. The second kappa shape index (κ2) is 6.66. The summed E-state index contributed by atoms with van der Waals surface area (Å²) in [5.41, 5.74) is 4.92. The second-order valence-electron chi connectivity index (χ2n) is 5.71. The number of halogens is 2. The summed E-state index contributed by atoms with van der Waals surface area (Å²) in [4.78, 5) is 21.6. The van der Waals surface area contributed by atoms with Gasteiger partial charge in [-0.25, -0.2) is 4.98 Å². The van der Waals surface area contributed by atoms with E-state index < -0.39 is 0 Å². The molecule has 0 bridgehead atoms. The third kappa shape index (κ3) is 2.76. The van der Waals surface area contributed by atoms with Crippen LogP contribution in [0.1, 0.15) is 5.56 Å². The Morgan fingerprint density at radius 2 is 2.28 bits per heavy atom. The first-order valence-electron chi connectivity index (χ1n) is 7.66. The summed E-state index contributed by atoms with van der Waals surface area (Å²) in [6.07, 6.45) is 3.92. The number of carbonyl (C=O) groups is 1. The molecule has 3 aromatic rings. The normalized spacial score (nSPS) is 13.3. The minimum Gasteiger partial charge on any atom is -0.333 e. The number of benzene rings is 1. The highest BCUT2D eigenvalue weighted by Gasteiger charge is 2.25. The number of rotatable bonds is 3. The van der Waals surface area contributed by atoms with Gasteiger partial charge < -0.3 is 9.88 Å². The summed E-state index contributed by atoms with van der Waals surface area (Å²) in [5, 5.41) is 2.56. The molecule has 0 unspecified atom stereocenters. The van der Waals surface area contributed by atoms with Crippen LogP contribution in [0.3, 0.4) is 0 Å². The summed E-state index contributed by atoms with van der Waals surface area (Å²) < 4.78 is 0. The molecular formula is C18H13ClIN3OS. The van der Waals surface area contributed by atoms with E-state index in [0.717, 1.165) is 39.3 Å². The van der Waals surface area contributed by atoms with Gasteiger partial charge in [0.1, 0.15) is 5.65 Å². The van der Waals surface area contributed by atoms with Crippen molar-refractivity contribution in [2.75, 3.05) is 11.4 Å². The van der Waals surface area contributed by atoms with Crippen molar-refractivity contribution in [3.8, 4) is 11.1 Å². The zero-order valence-corrected chi connectivity index (χ0v) is 16.8. The first kappa shape index (κ1) is 16.9. The second-order valence-corrected chi connectivity index (χ2v) is 8.00. The number of nitrogens with zero attached hydrogens (tertiary/aromatic N) is 2. The lowest BCUT2D eigenvalue weighted by Gasteiger charge is -2.16. The van der Waals surface area contributed by atoms with Crippen LogP contribution in [-0.2, 0) is 11.2 Å². The van der Waals surface area contributed by atoms with Gasteiger partial charge >= 0.3 is 0 Å². The molecule has 4 nitrogen and oxygen atoms in total. The van der Waals surface area contributed by atoms with E-state index in [1.54, 1.807) is 26.1 Å². The Kier molecular flexibility index (Phi) is 4.51. The van der Waals surface area contributed by atoms with Gasteiger partial charge in [0.25, 0.3) is 0 Å². The Bertz CT molecular complexity index is 1020. The van der Waals surface area contributed by atoms with E-state index in [2.05, 4.69) is 56.0 Å². The van der Waals surface area contributed by atoms with Crippen molar-refractivity contribution in [1.29, 1.82) is 0 Å². The van der Waals surface area contributed by atoms with E-state index in [-0.39, 0.29) is 5.91 Å². The van der Waals surface area contributed by atoms with Gasteiger partial charge in [-0.3, -0.25) is 4.79 Å². The lowest BCUT2D eigenvalue weighted by molar-refractivity contribution is -0.114. The SMILES string of the molecule is C=CC(=O)N1CCc2ccc(-c3c(SI)[nH]c4nccc(Cl)c34)cc21. The molecule has 1 amide bonds. The maximum Gasteiger partial charge on any atom is 0.250 e. The van der Waals surface area contributed by atoms with E-state index in [9.17, 15) is 4.79 Å². The van der Waals surface area contributed by atoms with E-state index in [4.69, 9.17) is 11.6 Å². The Morgan fingerprint density at radius 1 is 1.44 bits per heavy atom. The minimum absolute atomic E-state index is 0.0713. The molecule has 4 rings (SSSR count). The summed E-state index contributed by atoms with van der Waals surface area (Å²) in [5.74, 6) is -0.0713. The fourth-order valence-corrected chi connectivity index (χ4v) is 4.93. The highest BCUT2D eigenvalue weighted by molar-refractivity contribution is 14.2. The third-order valence-electron chi connectivity index (χ3n) is 4.40. The van der Waals surface area contributed by atoms with Crippen molar-refractivity contribution in [3.63, 3.8) is 0 Å². The number of hydrogen-bond acceptors (Lipinski definition) is 3. The lowest BCUT2D eigenvalue weighted by Crippen LogP contribution is -2.26. The molecule has 0 atom stereocenters. The molecule has 0 fully saturated rings. The van der Waals surface area contributed by atoms with Crippen LogP contribution in [0, 0.1) is 0 Å². The molecule has 2 aromatic heterocycles. The van der Waals surface area contributed by atoms with Crippen molar-refractivity contribution < 1.29 is 4.79 Å². The number of pyridine rings is 1. The topological polar surface area (TPSA) is 49.0 Å². The molecule has 0 radical (unpaired) electrons. The first-order valence-corrected chi connectivity index (χ1v) is 11.4. The molecule has 126 valence electrons. The predicted octanol–water partition coefficient (Wildman–Crippen LogP) is 5.40. The van der Waals surface area contributed by atoms with Crippen molar-refractivity contribution in [1.82, 2.24) is 9.97 Å². The third-order valence-corrected chi connectivity index (χ3v) is 6.49. The van der Waals surface area contributed by atoms with Gasteiger partial charge in [0.2, 0.25) is 5.91 Å². The molecular weight excluding hydrogens is 469 g/mol. The highest BCUT2D eigenvalue weighted by atomic mass is 127. The number of anilines is 1. The molecule has 0 saturated heterocycles. The van der Waals surface area contributed by atoms with Crippen LogP contribution < -0.4 is 4.90 Å². The molecule has 1 aliphatic heterocycles. The fraction of sp³-hybridized carbons (Fsp3) is 0.111. The van der Waals surface area contributed by atoms with Gasteiger partial charge in [-0.15, -0.1) is 0 Å². The number of nitrogens with one attached hydrogen (secondary N) is 1. The number of carbonyl (C=O) groups excluding carboxylic acids is 1. The first-order chi connectivity index (χ1) is 12.1. The van der Waals surface area contributed by atoms with Crippen LogP contribution in [0.2, 0.25) is 5.02 Å². The molecule has 7 heteroatoms. The van der Waals surface area contributed by atoms with Crippen LogP contribution in [0.5, 0.6) is 0 Å². The summed E-state index contributed by atoms with van der Waals surface area (Å²) in [6, 6.07) is 8.03. The Hall–Kier alpha value is -1.51. The maximum absolute atomic E-state index is 12.1. The molecule has 0 saturated carbocycles. The number of aromatic amines is 1. The summed E-state index contributed by atoms with van der Waals surface area (Å²) >= 11 is 8.70. The largest absolute Gasteiger partial charge is 0.333 e. The van der Waals surface area contributed by atoms with Crippen molar-refractivity contribution >= 4 is 64.4 Å². The van der Waals surface area contributed by atoms with Crippen molar-refractivity contribution in [3.05, 3.63) is 53.7 Å². The van der Waals surface area contributed by atoms with E-state index >= 15 is 0 Å². The van der Waals surface area contributed by atoms with Crippen molar-refractivity contribution in [2.45, 2.75) is 11.4 Å². The van der Waals surface area contributed by atoms with Crippen LogP contribution in [0.25, 0.3) is 22.2 Å². The number of hydrogen-bond donors (Lipinski definition) is 1. The van der Waals surface area contributed by atoms with Gasteiger partial charge in [0, 0.05) is 50.6 Å². The van der Waals surface area contributed by atoms with E-state index in [0.29, 0.717) is 11.6 Å². The molecule has 0 aliphatic carbocycles. The molecule has 1 aromatic carbocycles. The fourth-order valence-electron chi connectivity index (χ4n) is 3.26. The smallest absolute Gasteiger partial charge is 0.250 e. The molecule has 25 heavy (non-hydrogen) atoms. The van der Waals surface area contributed by atoms with Gasteiger partial charge in [-0.1, -0.05) is 30.3 Å². The summed E-state index contributed by atoms with van der Waals surface area (Å²) in [7, 11) is 1.59. The Balaban J connectivity index is 1.94. The van der Waals surface area contributed by atoms with E-state index in [1.807, 2.05) is 0 Å². The number of amides is 1. The molecule has 0 spiro atoms. The number of fused-ring (bicyclic) bond motifs is 2. The minimum atomic E-state index is -0.0713. The quantitative estimate of drug-likeness (QED) is 0.402. The Labute approximate surface area is 166 Å². The summed E-state index contributed by atoms with van der Waals surface area (Å²) in [6.45, 7) is 4.29. The van der Waals surface area contributed by atoms with Crippen LogP contribution in [0.4, 0.5) is 5.69 Å². The predicted molar refractivity (Wildman–Crippen MR) is 113 cm³/mol. The number of aromatic nitrogens is 2. The average molecular weight is 482 g/mol. The van der Waals surface area contributed by atoms with Crippen LogP contribution in [0.15, 0.2) is 48.1 Å². The highest BCUT2D eigenvalue weighted by Crippen LogP contribution is 2.44. The van der Waals surface area contributed by atoms with Crippen LogP contribution in [-0.4, -0.2) is 22.4 Å².